The van der Waals surface area contributed by atoms with Crippen molar-refractivity contribution in [2.24, 2.45) is 0 Å². The Hall–Kier alpha value is -2.56. The van der Waals surface area contributed by atoms with E-state index in [1.165, 1.54) is 0 Å². The van der Waals surface area contributed by atoms with Gasteiger partial charge in [-0.15, -0.1) is 0 Å². The second-order valence-corrected chi connectivity index (χ2v) is 11.7. The van der Waals surface area contributed by atoms with Gasteiger partial charge in [-0.1, -0.05) is 11.6 Å². The molecule has 0 radical (unpaired) electrons. The molecule has 11 heteroatoms. The zero-order valence-electron chi connectivity index (χ0n) is 22.2. The molecule has 1 atom stereocenters. The summed E-state index contributed by atoms with van der Waals surface area (Å²) in [5, 5.41) is 6.07. The minimum Gasteiger partial charge on any atom is -0.444 e. The number of carbonyl (C=O) groups excluding carboxylic acids is 2. The summed E-state index contributed by atoms with van der Waals surface area (Å²) < 4.78 is 30.0. The fourth-order valence-corrected chi connectivity index (χ4v) is 5.55. The lowest BCUT2D eigenvalue weighted by atomic mass is 9.76. The number of benzene rings is 1. The number of aromatic nitrogens is 2. The first kappa shape index (κ1) is 27.0. The number of nitrogens with zero attached hydrogens (tertiary/aromatic N) is 3. The van der Waals surface area contributed by atoms with Gasteiger partial charge in [-0.25, -0.2) is 14.3 Å². The summed E-state index contributed by atoms with van der Waals surface area (Å²) in [6, 6.07) is 3.87. The molecule has 38 heavy (non-hydrogen) atoms. The van der Waals surface area contributed by atoms with E-state index in [-0.39, 0.29) is 25.0 Å². The van der Waals surface area contributed by atoms with Crippen LogP contribution in [0.4, 0.5) is 9.59 Å². The van der Waals surface area contributed by atoms with Crippen LogP contribution in [-0.2, 0) is 30.1 Å². The quantitative estimate of drug-likeness (QED) is 0.466. The Morgan fingerprint density at radius 1 is 1.21 bits per heavy atom. The number of carbonyl (C=O) groups is 2. The lowest BCUT2D eigenvalue weighted by Crippen LogP contribution is -2.62. The maximum atomic E-state index is 12.4. The first-order valence-electron chi connectivity index (χ1n) is 13.3. The Kier molecular flexibility index (Phi) is 7.75. The van der Waals surface area contributed by atoms with Crippen molar-refractivity contribution in [3.8, 4) is 0 Å². The molecule has 2 aromatic rings. The molecular formula is C27H36ClN3O7. The van der Waals surface area contributed by atoms with Crippen LogP contribution in [0.2, 0.25) is 5.02 Å². The van der Waals surface area contributed by atoms with Crippen LogP contribution >= 0.6 is 11.6 Å². The Labute approximate surface area is 227 Å². The van der Waals surface area contributed by atoms with E-state index < -0.39 is 17.4 Å². The third-order valence-electron chi connectivity index (χ3n) is 7.15. The highest BCUT2D eigenvalue weighted by molar-refractivity contribution is 6.32. The molecule has 0 bridgehead atoms. The fraction of sp³-hybridized carbons (Fsp3) is 0.667. The normalized spacial score (nSPS) is 25.7. The standard InChI is InChI=1S/C27H36ClN3O7/c1-26(2,3)38-24(32)30-8-11-36-27(17-30)14-20(15-27)37-25(33)35-10-7-18-12-19-16-29-31(22(19)13-21(18)28)23-6-4-5-9-34-23/h12-13,16,20,23H,4-11,14-15,17H2,1-3H3. The highest BCUT2D eigenvalue weighted by Gasteiger charge is 2.51. The van der Waals surface area contributed by atoms with Gasteiger partial charge in [0.1, 0.15) is 11.7 Å². The van der Waals surface area contributed by atoms with Crippen molar-refractivity contribution in [1.82, 2.24) is 14.7 Å². The fourth-order valence-electron chi connectivity index (χ4n) is 5.29. The zero-order valence-corrected chi connectivity index (χ0v) is 23.0. The van der Waals surface area contributed by atoms with Gasteiger partial charge in [-0.3, -0.25) is 0 Å². The van der Waals surface area contributed by atoms with Gasteiger partial charge < -0.3 is 28.6 Å². The summed E-state index contributed by atoms with van der Waals surface area (Å²) in [5.74, 6) is 0. The Morgan fingerprint density at radius 3 is 2.76 bits per heavy atom. The third-order valence-corrected chi connectivity index (χ3v) is 7.50. The maximum absolute atomic E-state index is 12.4. The van der Waals surface area contributed by atoms with Crippen LogP contribution < -0.4 is 0 Å². The summed E-state index contributed by atoms with van der Waals surface area (Å²) in [5.41, 5.74) is 0.742. The molecule has 1 unspecified atom stereocenters. The highest BCUT2D eigenvalue weighted by atomic mass is 35.5. The summed E-state index contributed by atoms with van der Waals surface area (Å²) in [7, 11) is 0. The van der Waals surface area contributed by atoms with E-state index in [9.17, 15) is 9.59 Å². The molecule has 208 valence electrons. The number of fused-ring (bicyclic) bond motifs is 1. The second-order valence-electron chi connectivity index (χ2n) is 11.3. The first-order valence-corrected chi connectivity index (χ1v) is 13.7. The molecule has 2 saturated heterocycles. The van der Waals surface area contributed by atoms with Crippen molar-refractivity contribution >= 4 is 34.8 Å². The molecule has 1 aliphatic carbocycles. The van der Waals surface area contributed by atoms with Gasteiger partial charge in [-0.2, -0.15) is 5.10 Å². The van der Waals surface area contributed by atoms with Gasteiger partial charge in [0.25, 0.3) is 0 Å². The lowest BCUT2D eigenvalue weighted by Gasteiger charge is -2.51. The van der Waals surface area contributed by atoms with E-state index in [4.69, 9.17) is 35.3 Å². The number of rotatable bonds is 5. The van der Waals surface area contributed by atoms with Gasteiger partial charge in [-0.05, 0) is 57.7 Å². The van der Waals surface area contributed by atoms with E-state index >= 15 is 0 Å². The Balaban J connectivity index is 1.07. The highest BCUT2D eigenvalue weighted by Crippen LogP contribution is 2.41. The van der Waals surface area contributed by atoms with E-state index in [2.05, 4.69) is 5.10 Å². The van der Waals surface area contributed by atoms with Crippen molar-refractivity contribution in [1.29, 1.82) is 0 Å². The van der Waals surface area contributed by atoms with Crippen LogP contribution in [0.15, 0.2) is 18.3 Å². The van der Waals surface area contributed by atoms with Crippen molar-refractivity contribution in [3.05, 3.63) is 28.9 Å². The van der Waals surface area contributed by atoms with Crippen LogP contribution in [0.5, 0.6) is 0 Å². The summed E-state index contributed by atoms with van der Waals surface area (Å²) in [6.07, 6.45) is 4.97. The molecular weight excluding hydrogens is 514 g/mol. The number of ether oxygens (including phenoxy) is 5. The number of morpholine rings is 1. The minimum absolute atomic E-state index is 0.0636. The van der Waals surface area contributed by atoms with Crippen LogP contribution in [0.25, 0.3) is 10.9 Å². The van der Waals surface area contributed by atoms with E-state index in [1.807, 2.05) is 43.8 Å². The lowest BCUT2D eigenvalue weighted by molar-refractivity contribution is -0.192. The van der Waals surface area contributed by atoms with Crippen molar-refractivity contribution < 1.29 is 33.3 Å². The average Bonchev–Trinajstić information content (AvgIpc) is 3.25. The van der Waals surface area contributed by atoms with Crippen molar-refractivity contribution in [2.75, 3.05) is 32.9 Å². The van der Waals surface area contributed by atoms with Crippen LogP contribution in [-0.4, -0.2) is 77.1 Å². The van der Waals surface area contributed by atoms with Crippen molar-refractivity contribution in [3.63, 3.8) is 0 Å². The van der Waals surface area contributed by atoms with Gasteiger partial charge in [0.05, 0.1) is 37.1 Å². The zero-order chi connectivity index (χ0) is 26.9. The second kappa shape index (κ2) is 10.9. The van der Waals surface area contributed by atoms with Gasteiger partial charge in [0.15, 0.2) is 6.23 Å². The molecule has 3 fully saturated rings. The average molecular weight is 550 g/mol. The predicted molar refractivity (Wildman–Crippen MR) is 139 cm³/mol. The van der Waals surface area contributed by atoms with Gasteiger partial charge in [0, 0.05) is 42.8 Å². The van der Waals surface area contributed by atoms with E-state index in [0.29, 0.717) is 44.0 Å². The van der Waals surface area contributed by atoms with Crippen LogP contribution in [0.3, 0.4) is 0 Å². The Bertz CT molecular complexity index is 1170. The van der Waals surface area contributed by atoms with Crippen LogP contribution in [0, 0.1) is 0 Å². The molecule has 10 nitrogen and oxygen atoms in total. The Morgan fingerprint density at radius 2 is 2.03 bits per heavy atom. The predicted octanol–water partition coefficient (Wildman–Crippen LogP) is 5.25. The summed E-state index contributed by atoms with van der Waals surface area (Å²) >= 11 is 6.55. The summed E-state index contributed by atoms with van der Waals surface area (Å²) in [4.78, 5) is 26.4. The van der Waals surface area contributed by atoms with Crippen LogP contribution in [0.1, 0.15) is 64.7 Å². The molecule has 1 aromatic heterocycles. The largest absolute Gasteiger partial charge is 0.508 e. The minimum atomic E-state index is -0.718. The molecule has 3 aliphatic rings. The van der Waals surface area contributed by atoms with Crippen molar-refractivity contribution in [2.45, 2.75) is 82.8 Å². The number of amides is 1. The first-order chi connectivity index (χ1) is 18.1. The molecule has 1 saturated carbocycles. The smallest absolute Gasteiger partial charge is 0.444 e. The molecule has 0 N–H and O–H groups in total. The molecule has 5 rings (SSSR count). The number of halogens is 1. The van der Waals surface area contributed by atoms with Gasteiger partial charge >= 0.3 is 12.2 Å². The monoisotopic (exact) mass is 549 g/mol. The third kappa shape index (κ3) is 6.18. The topological polar surface area (TPSA) is 101 Å². The molecule has 1 spiro atoms. The maximum Gasteiger partial charge on any atom is 0.508 e. The van der Waals surface area contributed by atoms with E-state index in [1.54, 1.807) is 4.90 Å². The van der Waals surface area contributed by atoms with E-state index in [0.717, 1.165) is 42.3 Å². The SMILES string of the molecule is CC(C)(C)OC(=O)N1CCOC2(CC(OC(=O)OCCc3cc4cnn(C5CCCCO5)c4cc3Cl)C2)C1. The molecule has 2 aliphatic heterocycles. The summed E-state index contributed by atoms with van der Waals surface area (Å²) in [6.45, 7) is 7.73. The molecule has 3 heterocycles. The number of hydrogen-bond acceptors (Lipinski definition) is 8. The van der Waals surface area contributed by atoms with Gasteiger partial charge in [0.2, 0.25) is 0 Å². The number of hydrogen-bond donors (Lipinski definition) is 0. The molecule has 1 aromatic carbocycles. The molecule has 1 amide bonds.